The summed E-state index contributed by atoms with van der Waals surface area (Å²) in [6.07, 6.45) is -0.666. The topological polar surface area (TPSA) is 94.8 Å². The van der Waals surface area contributed by atoms with Crippen LogP contribution in [-0.4, -0.2) is 38.6 Å². The van der Waals surface area contributed by atoms with Crippen LogP contribution in [0.15, 0.2) is 35.2 Å². The maximum atomic E-state index is 11.2. The molecule has 0 bridgehead atoms. The van der Waals surface area contributed by atoms with E-state index in [1.54, 1.807) is 0 Å². The van der Waals surface area contributed by atoms with Crippen molar-refractivity contribution in [1.82, 2.24) is 0 Å². The molecule has 1 aromatic carbocycles. The molecule has 4 atom stereocenters. The summed E-state index contributed by atoms with van der Waals surface area (Å²) in [6, 6.07) is 9.38. The summed E-state index contributed by atoms with van der Waals surface area (Å²) in [6.45, 7) is 0. The second kappa shape index (κ2) is 6.28. The molecule has 1 saturated carbocycles. The van der Waals surface area contributed by atoms with Gasteiger partial charge in [0.15, 0.2) is 0 Å². The Bertz CT molecular complexity index is 490. The molecule has 0 amide bonds. The Kier molecular flexibility index (Phi) is 4.67. The number of carboxylic acid groups (broad SMARTS) is 2. The highest BCUT2D eigenvalue weighted by molar-refractivity contribution is 8.00. The molecule has 1 aromatic rings. The Hall–Kier alpha value is -1.53. The average molecular weight is 296 g/mol. The van der Waals surface area contributed by atoms with Crippen LogP contribution >= 0.6 is 11.8 Å². The fourth-order valence-electron chi connectivity index (χ4n) is 2.49. The summed E-state index contributed by atoms with van der Waals surface area (Å²) in [4.78, 5) is 23.3. The molecule has 1 fully saturated rings. The van der Waals surface area contributed by atoms with E-state index in [2.05, 4.69) is 0 Å². The van der Waals surface area contributed by atoms with Crippen molar-refractivity contribution >= 4 is 23.7 Å². The molecular weight excluding hydrogens is 280 g/mol. The van der Waals surface area contributed by atoms with Crippen LogP contribution in [0, 0.1) is 11.8 Å². The molecule has 0 aromatic heterocycles. The van der Waals surface area contributed by atoms with E-state index in [-0.39, 0.29) is 18.1 Å². The summed E-state index contributed by atoms with van der Waals surface area (Å²) in [5, 5.41) is 28.0. The van der Waals surface area contributed by atoms with Crippen molar-refractivity contribution in [2.45, 2.75) is 29.1 Å². The van der Waals surface area contributed by atoms with Crippen molar-refractivity contribution in [1.29, 1.82) is 0 Å². The highest BCUT2D eigenvalue weighted by Gasteiger charge is 2.43. The van der Waals surface area contributed by atoms with Gasteiger partial charge in [-0.15, -0.1) is 11.8 Å². The molecule has 5 nitrogen and oxygen atoms in total. The van der Waals surface area contributed by atoms with Gasteiger partial charge in [-0.3, -0.25) is 9.59 Å². The lowest BCUT2D eigenvalue weighted by Gasteiger charge is -2.35. The largest absolute Gasteiger partial charge is 0.481 e. The van der Waals surface area contributed by atoms with Crippen molar-refractivity contribution in [3.8, 4) is 0 Å². The van der Waals surface area contributed by atoms with Crippen LogP contribution < -0.4 is 0 Å². The lowest BCUT2D eigenvalue weighted by atomic mass is 9.77. The summed E-state index contributed by atoms with van der Waals surface area (Å²) < 4.78 is 0. The van der Waals surface area contributed by atoms with Crippen molar-refractivity contribution in [2.75, 3.05) is 0 Å². The second-order valence-corrected chi connectivity index (χ2v) is 6.21. The van der Waals surface area contributed by atoms with Gasteiger partial charge in [0.05, 0.1) is 17.9 Å². The molecule has 0 unspecified atom stereocenters. The lowest BCUT2D eigenvalue weighted by molar-refractivity contribution is -0.157. The van der Waals surface area contributed by atoms with Crippen molar-refractivity contribution in [2.24, 2.45) is 11.8 Å². The number of aliphatic hydroxyl groups is 1. The molecule has 0 saturated heterocycles. The monoisotopic (exact) mass is 296 g/mol. The number of rotatable bonds is 4. The number of benzene rings is 1. The van der Waals surface area contributed by atoms with Gasteiger partial charge in [-0.2, -0.15) is 0 Å². The molecule has 2 rings (SSSR count). The van der Waals surface area contributed by atoms with E-state index in [4.69, 9.17) is 5.11 Å². The molecule has 0 radical (unpaired) electrons. The third-order valence-electron chi connectivity index (χ3n) is 3.56. The highest BCUT2D eigenvalue weighted by Crippen LogP contribution is 2.39. The van der Waals surface area contributed by atoms with Crippen LogP contribution in [0.5, 0.6) is 0 Å². The fraction of sp³-hybridized carbons (Fsp3) is 0.429. The summed E-state index contributed by atoms with van der Waals surface area (Å²) in [7, 11) is 0. The second-order valence-electron chi connectivity index (χ2n) is 4.90. The van der Waals surface area contributed by atoms with Crippen LogP contribution in [-0.2, 0) is 9.59 Å². The number of aliphatic carboxylic acids is 2. The minimum atomic E-state index is -1.15. The Balaban J connectivity index is 2.12. The maximum absolute atomic E-state index is 11.2. The van der Waals surface area contributed by atoms with Gasteiger partial charge in [-0.25, -0.2) is 0 Å². The van der Waals surface area contributed by atoms with E-state index >= 15 is 0 Å². The Labute approximate surface area is 120 Å². The summed E-state index contributed by atoms with van der Waals surface area (Å²) in [5.74, 6) is -4.23. The number of carbonyl (C=O) groups is 2. The standard InChI is InChI=1S/C14H16O5S/c15-11-6-9(13(16)17)10(14(18)19)7-12(11)20-8-4-2-1-3-5-8/h1-5,9-12,15H,6-7H2,(H,16,17)(H,18,19)/t9-,10-,11+,12-/m1/s1. The van der Waals surface area contributed by atoms with Gasteiger partial charge in [0.1, 0.15) is 0 Å². The van der Waals surface area contributed by atoms with E-state index in [1.807, 2.05) is 30.3 Å². The van der Waals surface area contributed by atoms with Gasteiger partial charge in [-0.05, 0) is 25.0 Å². The Morgan fingerprint density at radius 1 is 1.00 bits per heavy atom. The molecule has 1 aliphatic rings. The van der Waals surface area contributed by atoms with Gasteiger partial charge in [-0.1, -0.05) is 18.2 Å². The van der Waals surface area contributed by atoms with E-state index < -0.39 is 29.9 Å². The van der Waals surface area contributed by atoms with Crippen molar-refractivity contribution < 1.29 is 24.9 Å². The first-order valence-electron chi connectivity index (χ1n) is 6.34. The molecule has 0 spiro atoms. The zero-order valence-electron chi connectivity index (χ0n) is 10.7. The number of hydrogen-bond donors (Lipinski definition) is 3. The minimum absolute atomic E-state index is 0.0171. The predicted octanol–water partition coefficient (Wildman–Crippen LogP) is 1.70. The van der Waals surface area contributed by atoms with Gasteiger partial charge in [0.2, 0.25) is 0 Å². The van der Waals surface area contributed by atoms with E-state index in [0.717, 1.165) is 4.90 Å². The number of thioether (sulfide) groups is 1. The summed E-state index contributed by atoms with van der Waals surface area (Å²) in [5.41, 5.74) is 0. The first kappa shape index (κ1) is 14.9. The molecule has 3 N–H and O–H groups in total. The lowest BCUT2D eigenvalue weighted by Crippen LogP contribution is -2.43. The predicted molar refractivity (Wildman–Crippen MR) is 73.6 cm³/mol. The van der Waals surface area contributed by atoms with Gasteiger partial charge in [0, 0.05) is 10.1 Å². The third kappa shape index (κ3) is 3.32. The normalized spacial score (nSPS) is 29.9. The number of hydrogen-bond acceptors (Lipinski definition) is 4. The van der Waals surface area contributed by atoms with Crippen molar-refractivity contribution in [3.05, 3.63) is 30.3 Å². The third-order valence-corrected chi connectivity index (χ3v) is 4.92. The van der Waals surface area contributed by atoms with Crippen LogP contribution in [0.1, 0.15) is 12.8 Å². The van der Waals surface area contributed by atoms with E-state index in [9.17, 15) is 19.8 Å². The average Bonchev–Trinajstić information content (AvgIpc) is 2.41. The Morgan fingerprint density at radius 3 is 2.10 bits per heavy atom. The highest BCUT2D eigenvalue weighted by atomic mass is 32.2. The van der Waals surface area contributed by atoms with Crippen LogP contribution in [0.4, 0.5) is 0 Å². The maximum Gasteiger partial charge on any atom is 0.307 e. The van der Waals surface area contributed by atoms with Crippen LogP contribution in [0.2, 0.25) is 0 Å². The molecule has 20 heavy (non-hydrogen) atoms. The number of carboxylic acids is 2. The van der Waals surface area contributed by atoms with Gasteiger partial charge in [0.25, 0.3) is 0 Å². The van der Waals surface area contributed by atoms with Gasteiger partial charge >= 0.3 is 11.9 Å². The Morgan fingerprint density at radius 2 is 1.55 bits per heavy atom. The first-order chi connectivity index (χ1) is 9.49. The molecule has 108 valence electrons. The fourth-order valence-corrected chi connectivity index (χ4v) is 3.73. The molecule has 1 aliphatic carbocycles. The smallest absolute Gasteiger partial charge is 0.307 e. The zero-order valence-corrected chi connectivity index (χ0v) is 11.5. The SMILES string of the molecule is O=C(O)[C@@H]1C[C@H](O)[C@H](Sc2ccccc2)C[C@H]1C(=O)O. The van der Waals surface area contributed by atoms with E-state index in [1.165, 1.54) is 11.8 Å². The van der Waals surface area contributed by atoms with Gasteiger partial charge < -0.3 is 15.3 Å². The van der Waals surface area contributed by atoms with Crippen LogP contribution in [0.3, 0.4) is 0 Å². The van der Waals surface area contributed by atoms with Crippen LogP contribution in [0.25, 0.3) is 0 Å². The zero-order chi connectivity index (χ0) is 14.7. The minimum Gasteiger partial charge on any atom is -0.481 e. The number of aliphatic hydroxyl groups excluding tert-OH is 1. The summed E-state index contributed by atoms with van der Waals surface area (Å²) >= 11 is 1.40. The molecular formula is C14H16O5S. The quantitative estimate of drug-likeness (QED) is 0.783. The molecule has 0 aliphatic heterocycles. The van der Waals surface area contributed by atoms with Crippen molar-refractivity contribution in [3.63, 3.8) is 0 Å². The van der Waals surface area contributed by atoms with E-state index in [0.29, 0.717) is 0 Å². The molecule has 6 heteroatoms. The molecule has 0 heterocycles. The first-order valence-corrected chi connectivity index (χ1v) is 7.22.